The minimum atomic E-state index is -0.867. The molecule has 0 aliphatic heterocycles. The van der Waals surface area contributed by atoms with Crippen LogP contribution in [0.4, 0.5) is 4.39 Å². The van der Waals surface area contributed by atoms with Gasteiger partial charge in [0.2, 0.25) is 0 Å². The third-order valence-corrected chi connectivity index (χ3v) is 8.57. The lowest BCUT2D eigenvalue weighted by atomic mass is 9.48. The summed E-state index contributed by atoms with van der Waals surface area (Å²) in [5.41, 5.74) is 7.57. The van der Waals surface area contributed by atoms with Gasteiger partial charge in [-0.2, -0.15) is 0 Å². The average Bonchev–Trinajstić information content (AvgIpc) is 2.73. The van der Waals surface area contributed by atoms with Crippen LogP contribution in [0.15, 0.2) is 10.6 Å². The van der Waals surface area contributed by atoms with Crippen molar-refractivity contribution in [2.45, 2.75) is 77.1 Å². The van der Waals surface area contributed by atoms with Gasteiger partial charge in [0.1, 0.15) is 6.17 Å². The molecule has 0 aromatic rings. The van der Waals surface area contributed by atoms with Crippen LogP contribution in [-0.4, -0.2) is 23.4 Å². The summed E-state index contributed by atoms with van der Waals surface area (Å²) in [5.74, 6) is 1.38. The molecule has 0 heterocycles. The molecule has 4 aliphatic rings. The van der Waals surface area contributed by atoms with Crippen LogP contribution in [0.3, 0.4) is 0 Å². The maximum Gasteiger partial charge on any atom is 0.116 e. The van der Waals surface area contributed by atoms with Crippen molar-refractivity contribution in [3.05, 3.63) is 10.6 Å². The Balaban J connectivity index is 1.73. The number of rotatable bonds is 0. The molecule has 0 saturated heterocycles. The summed E-state index contributed by atoms with van der Waals surface area (Å²) in [5, 5.41) is 11.0. The minimum Gasteiger partial charge on any atom is -0.393 e. The predicted octanol–water partition coefficient (Wildman–Crippen LogP) is 4.15. The topological polar surface area (TPSA) is 46.2 Å². The molecule has 23 heavy (non-hydrogen) atoms. The number of halogens is 2. The number of nitrogens with two attached hydrogens (primary N) is 1. The van der Waals surface area contributed by atoms with Gasteiger partial charge in [0.05, 0.1) is 6.10 Å². The van der Waals surface area contributed by atoms with Crippen LogP contribution >= 0.6 is 11.6 Å². The van der Waals surface area contributed by atoms with E-state index in [9.17, 15) is 9.50 Å². The monoisotopic (exact) mass is 341 g/mol. The van der Waals surface area contributed by atoms with Gasteiger partial charge in [0.25, 0.3) is 0 Å². The zero-order valence-electron chi connectivity index (χ0n) is 14.2. The molecule has 0 radical (unpaired) electrons. The largest absolute Gasteiger partial charge is 0.393 e. The second kappa shape index (κ2) is 5.19. The fraction of sp³-hybridized carbons (Fsp3) is 0.895. The summed E-state index contributed by atoms with van der Waals surface area (Å²) in [7, 11) is 0. The Morgan fingerprint density at radius 2 is 1.91 bits per heavy atom. The van der Waals surface area contributed by atoms with E-state index in [2.05, 4.69) is 13.8 Å². The van der Waals surface area contributed by atoms with Crippen molar-refractivity contribution in [2.75, 3.05) is 0 Å². The fourth-order valence-corrected chi connectivity index (χ4v) is 7.19. The Labute approximate surface area is 143 Å². The number of alkyl halides is 1. The molecule has 0 amide bonds. The Bertz CT molecular complexity index is 551. The average molecular weight is 342 g/mol. The summed E-state index contributed by atoms with van der Waals surface area (Å²) in [6.07, 6.45) is 5.12. The first kappa shape index (κ1) is 16.4. The van der Waals surface area contributed by atoms with Crippen LogP contribution in [0, 0.1) is 28.6 Å². The van der Waals surface area contributed by atoms with E-state index < -0.39 is 6.17 Å². The molecule has 3 fully saturated rings. The molecular formula is C19H29ClFNO. The number of fused-ring (bicyclic) bond motifs is 5. The third kappa shape index (κ3) is 2.12. The normalized spacial score (nSPS) is 56.1. The summed E-state index contributed by atoms with van der Waals surface area (Å²) in [6, 6.07) is -0.321. The quantitative estimate of drug-likeness (QED) is 0.695. The lowest BCUT2D eigenvalue weighted by molar-refractivity contribution is -0.0412. The van der Waals surface area contributed by atoms with Gasteiger partial charge in [0, 0.05) is 11.1 Å². The highest BCUT2D eigenvalue weighted by molar-refractivity contribution is 6.30. The Morgan fingerprint density at radius 3 is 2.65 bits per heavy atom. The molecule has 3 unspecified atom stereocenters. The molecule has 130 valence electrons. The van der Waals surface area contributed by atoms with Crippen LogP contribution in [0.25, 0.3) is 0 Å². The van der Waals surface area contributed by atoms with Gasteiger partial charge in [-0.1, -0.05) is 25.4 Å². The van der Waals surface area contributed by atoms with Crippen molar-refractivity contribution in [1.29, 1.82) is 0 Å². The minimum absolute atomic E-state index is 0.0696. The first-order valence-electron chi connectivity index (χ1n) is 9.23. The number of hydrogen-bond acceptors (Lipinski definition) is 2. The van der Waals surface area contributed by atoms with Crippen molar-refractivity contribution < 1.29 is 9.50 Å². The second-order valence-corrected chi connectivity index (χ2v) is 9.56. The van der Waals surface area contributed by atoms with E-state index in [0.29, 0.717) is 24.2 Å². The Kier molecular flexibility index (Phi) is 3.69. The number of aliphatic hydroxyl groups excluding tert-OH is 1. The summed E-state index contributed by atoms with van der Waals surface area (Å²) >= 11 is 6.72. The fourth-order valence-electron chi connectivity index (χ4n) is 6.72. The van der Waals surface area contributed by atoms with E-state index in [0.717, 1.165) is 43.6 Å². The molecular weight excluding hydrogens is 313 g/mol. The van der Waals surface area contributed by atoms with Gasteiger partial charge in [0.15, 0.2) is 0 Å². The van der Waals surface area contributed by atoms with Crippen LogP contribution in [0.2, 0.25) is 0 Å². The molecule has 0 bridgehead atoms. The zero-order valence-corrected chi connectivity index (χ0v) is 15.0. The van der Waals surface area contributed by atoms with E-state index in [1.54, 1.807) is 0 Å². The van der Waals surface area contributed by atoms with Gasteiger partial charge in [-0.05, 0) is 79.1 Å². The van der Waals surface area contributed by atoms with Crippen LogP contribution in [-0.2, 0) is 0 Å². The number of aliphatic hydroxyl groups is 1. The van der Waals surface area contributed by atoms with E-state index in [1.807, 2.05) is 0 Å². The van der Waals surface area contributed by atoms with E-state index in [1.165, 1.54) is 5.57 Å². The lowest BCUT2D eigenvalue weighted by Gasteiger charge is -2.58. The summed E-state index contributed by atoms with van der Waals surface area (Å²) < 4.78 is 14.4. The van der Waals surface area contributed by atoms with Gasteiger partial charge >= 0.3 is 0 Å². The molecule has 4 aliphatic carbocycles. The summed E-state index contributed by atoms with van der Waals surface area (Å²) in [4.78, 5) is 0. The first-order chi connectivity index (χ1) is 10.8. The molecule has 3 N–H and O–H groups in total. The molecule has 4 heteroatoms. The molecule has 0 aromatic heterocycles. The molecule has 0 aromatic carbocycles. The first-order valence-corrected chi connectivity index (χ1v) is 9.61. The Hall–Kier alpha value is -0.120. The van der Waals surface area contributed by atoms with Gasteiger partial charge in [-0.25, -0.2) is 4.39 Å². The van der Waals surface area contributed by atoms with E-state index in [-0.39, 0.29) is 23.0 Å². The zero-order chi connectivity index (χ0) is 16.6. The molecule has 3 saturated carbocycles. The predicted molar refractivity (Wildman–Crippen MR) is 90.8 cm³/mol. The lowest BCUT2D eigenvalue weighted by Crippen LogP contribution is -2.53. The highest BCUT2D eigenvalue weighted by Gasteiger charge is 2.61. The van der Waals surface area contributed by atoms with Crippen LogP contribution in [0.5, 0.6) is 0 Å². The van der Waals surface area contributed by atoms with Gasteiger partial charge in [-0.15, -0.1) is 0 Å². The maximum atomic E-state index is 14.4. The van der Waals surface area contributed by atoms with Crippen molar-refractivity contribution in [3.8, 4) is 0 Å². The number of allylic oxidation sites excluding steroid dienone is 1. The maximum absolute atomic E-state index is 14.4. The van der Waals surface area contributed by atoms with Crippen molar-refractivity contribution in [3.63, 3.8) is 0 Å². The number of hydrogen-bond donors (Lipinski definition) is 2. The van der Waals surface area contributed by atoms with E-state index in [4.69, 9.17) is 17.3 Å². The van der Waals surface area contributed by atoms with Crippen LogP contribution < -0.4 is 5.73 Å². The van der Waals surface area contributed by atoms with Crippen molar-refractivity contribution in [2.24, 2.45) is 34.3 Å². The Morgan fingerprint density at radius 1 is 1.17 bits per heavy atom. The third-order valence-electron chi connectivity index (χ3n) is 8.19. The van der Waals surface area contributed by atoms with Gasteiger partial charge in [-0.3, -0.25) is 0 Å². The van der Waals surface area contributed by atoms with Gasteiger partial charge < -0.3 is 10.8 Å². The van der Waals surface area contributed by atoms with E-state index >= 15 is 0 Å². The second-order valence-electron chi connectivity index (χ2n) is 9.10. The SMILES string of the molecule is C[C@]12CCC(O)CC1=C(Cl)C[C@@H]1[C@H]2CC[C@]2(C)C(N)C(F)C[C@@H]12. The smallest absolute Gasteiger partial charge is 0.116 e. The van der Waals surface area contributed by atoms with Crippen LogP contribution in [0.1, 0.15) is 58.8 Å². The standard InChI is InChI=1S/C19H29ClFNO/c1-18-5-3-10(23)7-14(18)15(20)8-11-12(18)4-6-19(2)13(11)9-16(21)17(19)22/h10-13,16-17,23H,3-9,22H2,1-2H3/t10?,11-,12-,13+,16?,17?,18-,19+/m1/s1. The molecule has 2 nitrogen and oxygen atoms in total. The highest BCUT2D eigenvalue weighted by atomic mass is 35.5. The molecule has 4 rings (SSSR count). The molecule has 8 atom stereocenters. The van der Waals surface area contributed by atoms with Crippen molar-refractivity contribution in [1.82, 2.24) is 0 Å². The molecule has 0 spiro atoms. The highest BCUT2D eigenvalue weighted by Crippen LogP contribution is 2.66. The summed E-state index contributed by atoms with van der Waals surface area (Å²) in [6.45, 7) is 4.55. The van der Waals surface area contributed by atoms with Crippen molar-refractivity contribution >= 4 is 11.6 Å².